The van der Waals surface area contributed by atoms with Gasteiger partial charge in [0.2, 0.25) is 0 Å². The van der Waals surface area contributed by atoms with Crippen molar-refractivity contribution in [3.05, 3.63) is 71.7 Å². The third kappa shape index (κ3) is 3.56. The summed E-state index contributed by atoms with van der Waals surface area (Å²) in [5, 5.41) is 5.20. The Labute approximate surface area is 151 Å². The second kappa shape index (κ2) is 7.07. The quantitative estimate of drug-likeness (QED) is 0.779. The Hall–Kier alpha value is -2.66. The number of hydrogen-bond donors (Lipinski definition) is 1. The van der Waals surface area contributed by atoms with Crippen LogP contribution >= 0.6 is 11.3 Å². The van der Waals surface area contributed by atoms with Crippen molar-refractivity contribution in [2.24, 2.45) is 0 Å². The summed E-state index contributed by atoms with van der Waals surface area (Å²) in [6.45, 7) is 1.72. The molecule has 1 amide bonds. The topological polar surface area (TPSA) is 45.2 Å². The van der Waals surface area contributed by atoms with Gasteiger partial charge in [-0.2, -0.15) is 0 Å². The Kier molecular flexibility index (Phi) is 4.48. The molecule has 2 aromatic heterocycles. The fraction of sp³-hybridized carbons (Fsp3) is 0.200. The Bertz CT molecular complexity index is 831. The monoisotopic (exact) mass is 349 g/mol. The number of rotatable bonds is 4. The van der Waals surface area contributed by atoms with E-state index < -0.39 is 0 Å². The molecular formula is C20H19N3OS. The molecule has 3 heterocycles. The minimum atomic E-state index is -0.00870. The summed E-state index contributed by atoms with van der Waals surface area (Å²) in [4.78, 5) is 20.3. The minimum Gasteiger partial charge on any atom is -0.354 e. The molecule has 1 N–H and O–H groups in total. The normalized spacial score (nSPS) is 16.8. The van der Waals surface area contributed by atoms with Crippen LogP contribution in [0.25, 0.3) is 10.4 Å². The standard InChI is InChI=1S/C20H19N3OS/c24-20(16-8-6-15(7-9-16)18-4-3-13-25-18)22-17-10-12-23(14-17)19-5-1-2-11-21-19/h1-9,11,13,17H,10,12,14H2,(H,22,24). The molecule has 4 rings (SSSR count). The minimum absolute atomic E-state index is 0.00870. The van der Waals surface area contributed by atoms with Gasteiger partial charge < -0.3 is 10.2 Å². The van der Waals surface area contributed by atoms with E-state index in [4.69, 9.17) is 0 Å². The molecular weight excluding hydrogens is 330 g/mol. The first-order chi connectivity index (χ1) is 12.3. The van der Waals surface area contributed by atoms with Crippen LogP contribution in [0.4, 0.5) is 5.82 Å². The molecule has 1 unspecified atom stereocenters. The average Bonchev–Trinajstić information content (AvgIpc) is 3.35. The van der Waals surface area contributed by atoms with Crippen molar-refractivity contribution < 1.29 is 4.79 Å². The second-order valence-corrected chi connectivity index (χ2v) is 7.10. The summed E-state index contributed by atoms with van der Waals surface area (Å²) < 4.78 is 0. The molecule has 1 saturated heterocycles. The van der Waals surface area contributed by atoms with Gasteiger partial charge in [0.05, 0.1) is 0 Å². The molecule has 1 aliphatic rings. The van der Waals surface area contributed by atoms with E-state index in [0.29, 0.717) is 5.56 Å². The number of pyridine rings is 1. The summed E-state index contributed by atoms with van der Waals surface area (Å²) in [5.41, 5.74) is 1.85. The highest BCUT2D eigenvalue weighted by molar-refractivity contribution is 7.13. The van der Waals surface area contributed by atoms with E-state index in [9.17, 15) is 4.79 Å². The first-order valence-electron chi connectivity index (χ1n) is 8.40. The van der Waals surface area contributed by atoms with Crippen molar-refractivity contribution in [3.8, 4) is 10.4 Å². The van der Waals surface area contributed by atoms with E-state index in [1.54, 1.807) is 17.5 Å². The molecule has 1 atom stereocenters. The molecule has 0 bridgehead atoms. The third-order valence-corrected chi connectivity index (χ3v) is 5.37. The third-order valence-electron chi connectivity index (χ3n) is 4.45. The second-order valence-electron chi connectivity index (χ2n) is 6.15. The highest BCUT2D eigenvalue weighted by Gasteiger charge is 2.24. The lowest BCUT2D eigenvalue weighted by Crippen LogP contribution is -2.37. The van der Waals surface area contributed by atoms with Crippen LogP contribution in [0.3, 0.4) is 0 Å². The molecule has 3 aromatic rings. The molecule has 0 saturated carbocycles. The number of carbonyl (C=O) groups excluding carboxylic acids is 1. The SMILES string of the molecule is O=C(NC1CCN(c2ccccn2)C1)c1ccc(-c2cccs2)cc1. The van der Waals surface area contributed by atoms with E-state index in [0.717, 1.165) is 30.9 Å². The van der Waals surface area contributed by atoms with Crippen LogP contribution in [0.2, 0.25) is 0 Å². The van der Waals surface area contributed by atoms with Gasteiger partial charge in [-0.25, -0.2) is 4.98 Å². The number of benzene rings is 1. The molecule has 1 aliphatic heterocycles. The van der Waals surface area contributed by atoms with Crippen LogP contribution in [0, 0.1) is 0 Å². The van der Waals surface area contributed by atoms with Crippen LogP contribution in [-0.2, 0) is 0 Å². The van der Waals surface area contributed by atoms with Gasteiger partial charge in [-0.1, -0.05) is 24.3 Å². The summed E-state index contributed by atoms with van der Waals surface area (Å²) in [5.74, 6) is 0.963. The Morgan fingerprint density at radius 1 is 1.12 bits per heavy atom. The van der Waals surface area contributed by atoms with Gasteiger partial charge in [0.1, 0.15) is 5.82 Å². The van der Waals surface area contributed by atoms with Crippen molar-refractivity contribution in [3.63, 3.8) is 0 Å². The zero-order valence-electron chi connectivity index (χ0n) is 13.8. The van der Waals surface area contributed by atoms with Gasteiger partial charge >= 0.3 is 0 Å². The highest BCUT2D eigenvalue weighted by atomic mass is 32.1. The number of nitrogens with zero attached hydrogens (tertiary/aromatic N) is 2. The Morgan fingerprint density at radius 2 is 2.00 bits per heavy atom. The largest absolute Gasteiger partial charge is 0.354 e. The van der Waals surface area contributed by atoms with Crippen molar-refractivity contribution in [1.82, 2.24) is 10.3 Å². The average molecular weight is 349 g/mol. The van der Waals surface area contributed by atoms with E-state index in [2.05, 4.69) is 26.6 Å². The molecule has 1 aromatic carbocycles. The molecule has 0 aliphatic carbocycles. The molecule has 4 nitrogen and oxygen atoms in total. The Morgan fingerprint density at radius 3 is 2.72 bits per heavy atom. The van der Waals surface area contributed by atoms with Crippen LogP contribution in [0.15, 0.2) is 66.2 Å². The number of thiophene rings is 1. The molecule has 0 spiro atoms. The van der Waals surface area contributed by atoms with Gasteiger partial charge in [0.25, 0.3) is 5.91 Å². The van der Waals surface area contributed by atoms with E-state index in [1.807, 2.05) is 48.5 Å². The van der Waals surface area contributed by atoms with E-state index in [-0.39, 0.29) is 11.9 Å². The number of hydrogen-bond acceptors (Lipinski definition) is 4. The number of anilines is 1. The zero-order valence-corrected chi connectivity index (χ0v) is 14.6. The van der Waals surface area contributed by atoms with Crippen molar-refractivity contribution in [1.29, 1.82) is 0 Å². The summed E-state index contributed by atoms with van der Waals surface area (Å²) >= 11 is 1.70. The lowest BCUT2D eigenvalue weighted by atomic mass is 10.1. The zero-order chi connectivity index (χ0) is 17.1. The smallest absolute Gasteiger partial charge is 0.251 e. The lowest BCUT2D eigenvalue weighted by Gasteiger charge is -2.17. The van der Waals surface area contributed by atoms with Crippen molar-refractivity contribution >= 4 is 23.1 Å². The fourth-order valence-corrected chi connectivity index (χ4v) is 3.86. The van der Waals surface area contributed by atoms with Crippen LogP contribution in [-0.4, -0.2) is 30.0 Å². The van der Waals surface area contributed by atoms with Crippen molar-refractivity contribution in [2.45, 2.75) is 12.5 Å². The highest BCUT2D eigenvalue weighted by Crippen LogP contribution is 2.25. The molecule has 25 heavy (non-hydrogen) atoms. The van der Waals surface area contributed by atoms with Gasteiger partial charge in [-0.05, 0) is 47.7 Å². The summed E-state index contributed by atoms with van der Waals surface area (Å²) in [6.07, 6.45) is 2.74. The van der Waals surface area contributed by atoms with Gasteiger partial charge in [0.15, 0.2) is 0 Å². The van der Waals surface area contributed by atoms with Crippen molar-refractivity contribution in [2.75, 3.05) is 18.0 Å². The fourth-order valence-electron chi connectivity index (χ4n) is 3.12. The van der Waals surface area contributed by atoms with Crippen LogP contribution < -0.4 is 10.2 Å². The molecule has 0 radical (unpaired) electrons. The molecule has 126 valence electrons. The van der Waals surface area contributed by atoms with Crippen LogP contribution in [0.1, 0.15) is 16.8 Å². The predicted molar refractivity (Wildman–Crippen MR) is 102 cm³/mol. The number of carbonyl (C=O) groups is 1. The number of aromatic nitrogens is 1. The predicted octanol–water partition coefficient (Wildman–Crippen LogP) is 3.82. The lowest BCUT2D eigenvalue weighted by molar-refractivity contribution is 0.0940. The van der Waals surface area contributed by atoms with E-state index >= 15 is 0 Å². The maximum absolute atomic E-state index is 12.5. The number of nitrogens with one attached hydrogen (secondary N) is 1. The molecule has 5 heteroatoms. The van der Waals surface area contributed by atoms with Crippen LogP contribution in [0.5, 0.6) is 0 Å². The number of amides is 1. The van der Waals surface area contributed by atoms with E-state index in [1.165, 1.54) is 4.88 Å². The molecule has 1 fully saturated rings. The van der Waals surface area contributed by atoms with Gasteiger partial charge in [0, 0.05) is 35.8 Å². The van der Waals surface area contributed by atoms with Gasteiger partial charge in [-0.15, -0.1) is 11.3 Å². The Balaban J connectivity index is 1.38. The summed E-state index contributed by atoms with van der Waals surface area (Å²) in [7, 11) is 0. The van der Waals surface area contributed by atoms with Gasteiger partial charge in [-0.3, -0.25) is 4.79 Å². The maximum atomic E-state index is 12.5. The first kappa shape index (κ1) is 15.8. The maximum Gasteiger partial charge on any atom is 0.251 e. The summed E-state index contributed by atoms with van der Waals surface area (Å²) in [6, 6.07) is 18.0. The first-order valence-corrected chi connectivity index (χ1v) is 9.28.